The molecular weight excluding hydrogens is 526 g/mol. The van der Waals surface area contributed by atoms with Crippen molar-refractivity contribution >= 4 is 58.3 Å². The monoisotopic (exact) mass is 547 g/mol. The summed E-state index contributed by atoms with van der Waals surface area (Å²) in [5, 5.41) is 5.20. The fourth-order valence-corrected chi connectivity index (χ4v) is 3.94. The van der Waals surface area contributed by atoms with Gasteiger partial charge in [0.15, 0.2) is 0 Å². The normalized spacial score (nSPS) is 12.8. The fraction of sp³-hybridized carbons (Fsp3) is 0.107. The number of benzene rings is 3. The van der Waals surface area contributed by atoms with Gasteiger partial charge < -0.3 is 20.1 Å². The Kier molecular flexibility index (Phi) is 8.07. The number of amides is 3. The van der Waals surface area contributed by atoms with E-state index in [1.165, 1.54) is 49.6 Å². The van der Waals surface area contributed by atoms with E-state index in [4.69, 9.17) is 21.1 Å². The van der Waals surface area contributed by atoms with Gasteiger partial charge in [0.1, 0.15) is 10.7 Å². The zero-order chi connectivity index (χ0) is 28.1. The first-order valence-electron chi connectivity index (χ1n) is 11.7. The molecule has 1 heterocycles. The quantitative estimate of drug-likeness (QED) is 0.314. The van der Waals surface area contributed by atoms with Gasteiger partial charge in [0.25, 0.3) is 17.7 Å². The lowest BCUT2D eigenvalue weighted by molar-refractivity contribution is -0.120. The number of rotatable bonds is 8. The Morgan fingerprint density at radius 1 is 0.821 bits per heavy atom. The lowest BCUT2D eigenvalue weighted by Gasteiger charge is -2.16. The van der Waals surface area contributed by atoms with Crippen LogP contribution >= 0.6 is 11.6 Å². The van der Waals surface area contributed by atoms with E-state index in [1.54, 1.807) is 37.3 Å². The van der Waals surface area contributed by atoms with Crippen molar-refractivity contribution in [3.05, 3.63) is 100 Å². The number of carbonyl (C=O) groups is 5. The van der Waals surface area contributed by atoms with E-state index < -0.39 is 29.7 Å². The maximum Gasteiger partial charge on any atom is 0.338 e. The molecule has 0 spiro atoms. The molecule has 0 radical (unpaired) electrons. The van der Waals surface area contributed by atoms with Crippen LogP contribution in [-0.2, 0) is 19.1 Å². The van der Waals surface area contributed by atoms with Gasteiger partial charge in [0.2, 0.25) is 0 Å². The number of nitrogens with one attached hydrogen (secondary N) is 2. The van der Waals surface area contributed by atoms with E-state index >= 15 is 0 Å². The zero-order valence-electron chi connectivity index (χ0n) is 20.8. The van der Waals surface area contributed by atoms with E-state index in [1.807, 2.05) is 0 Å². The zero-order valence-corrected chi connectivity index (χ0v) is 21.6. The molecule has 2 N–H and O–H groups in total. The number of anilines is 3. The molecule has 1 aliphatic heterocycles. The average molecular weight is 548 g/mol. The molecule has 0 atom stereocenters. The van der Waals surface area contributed by atoms with Crippen LogP contribution in [0.2, 0.25) is 0 Å². The third-order valence-electron chi connectivity index (χ3n) is 5.60. The highest BCUT2D eigenvalue weighted by Gasteiger charge is 2.39. The van der Waals surface area contributed by atoms with Crippen LogP contribution in [0.25, 0.3) is 0 Å². The number of ether oxygens (including phenoxy) is 2. The second-order valence-corrected chi connectivity index (χ2v) is 8.51. The third-order valence-corrected chi connectivity index (χ3v) is 5.95. The molecule has 0 unspecified atom stereocenters. The van der Waals surface area contributed by atoms with Gasteiger partial charge in [-0.05, 0) is 67.6 Å². The fourth-order valence-electron chi connectivity index (χ4n) is 3.73. The summed E-state index contributed by atoms with van der Waals surface area (Å²) in [5.41, 5.74) is 1.52. The van der Waals surface area contributed by atoms with Crippen LogP contribution in [0.5, 0.6) is 0 Å². The number of carbonyl (C=O) groups excluding carboxylic acids is 5. The van der Waals surface area contributed by atoms with Crippen molar-refractivity contribution in [1.29, 1.82) is 0 Å². The Bertz CT molecular complexity index is 1520. The van der Waals surface area contributed by atoms with Crippen LogP contribution in [0.15, 0.2) is 83.5 Å². The van der Waals surface area contributed by atoms with E-state index in [9.17, 15) is 24.0 Å². The number of hydrogen-bond donors (Lipinski definition) is 2. The molecule has 11 heteroatoms. The van der Waals surface area contributed by atoms with Crippen molar-refractivity contribution in [2.24, 2.45) is 0 Å². The molecule has 4 rings (SSSR count). The van der Waals surface area contributed by atoms with Crippen molar-refractivity contribution in [2.45, 2.75) is 6.92 Å². The van der Waals surface area contributed by atoms with Gasteiger partial charge in [-0.3, -0.25) is 14.4 Å². The highest BCUT2D eigenvalue weighted by Crippen LogP contribution is 2.31. The van der Waals surface area contributed by atoms with E-state index in [0.717, 1.165) is 4.90 Å². The van der Waals surface area contributed by atoms with E-state index in [0.29, 0.717) is 16.9 Å². The number of esters is 2. The summed E-state index contributed by atoms with van der Waals surface area (Å²) in [6, 6.07) is 18.3. The van der Waals surface area contributed by atoms with Crippen LogP contribution in [0.4, 0.5) is 17.1 Å². The Labute approximate surface area is 228 Å². The van der Waals surface area contributed by atoms with Crippen molar-refractivity contribution in [1.82, 2.24) is 0 Å². The molecule has 3 aromatic rings. The maximum atomic E-state index is 13.1. The molecule has 0 fully saturated rings. The van der Waals surface area contributed by atoms with Crippen LogP contribution in [-0.4, -0.2) is 43.4 Å². The summed E-state index contributed by atoms with van der Waals surface area (Å²) >= 11 is 6.21. The molecule has 3 amide bonds. The first-order valence-corrected chi connectivity index (χ1v) is 12.0. The minimum Gasteiger partial charge on any atom is -0.465 e. The van der Waals surface area contributed by atoms with Gasteiger partial charge >= 0.3 is 11.9 Å². The number of methoxy groups -OCH3 is 1. The van der Waals surface area contributed by atoms with Crippen LogP contribution in [0.3, 0.4) is 0 Å². The summed E-state index contributed by atoms with van der Waals surface area (Å²) in [4.78, 5) is 63.3. The smallest absolute Gasteiger partial charge is 0.338 e. The molecule has 0 saturated heterocycles. The predicted octanol–water partition coefficient (Wildman–Crippen LogP) is 4.34. The molecule has 3 aromatic carbocycles. The number of halogens is 1. The largest absolute Gasteiger partial charge is 0.465 e. The lowest BCUT2D eigenvalue weighted by Crippen LogP contribution is -2.32. The highest BCUT2D eigenvalue weighted by molar-refractivity contribution is 6.53. The van der Waals surface area contributed by atoms with Crippen molar-refractivity contribution in [3.63, 3.8) is 0 Å². The Balaban J connectivity index is 1.49. The molecule has 10 nitrogen and oxygen atoms in total. The van der Waals surface area contributed by atoms with Crippen LogP contribution < -0.4 is 15.5 Å². The second-order valence-electron chi connectivity index (χ2n) is 8.13. The third kappa shape index (κ3) is 5.81. The Morgan fingerprint density at radius 2 is 1.51 bits per heavy atom. The standard InChI is InChI=1S/C28H22ClN3O7/c1-3-39-28(37)16-10-12-19(13-11-16)31-24(33)17-6-4-8-20(14-17)30-23-22(29)25(34)32(26(23)35)21-9-5-7-18(15-21)27(36)38-2/h4-15,30H,3H2,1-2H3,(H,31,33). The van der Waals surface area contributed by atoms with Gasteiger partial charge in [0.05, 0.1) is 30.5 Å². The molecule has 1 aliphatic rings. The van der Waals surface area contributed by atoms with Gasteiger partial charge in [0, 0.05) is 16.9 Å². The molecule has 198 valence electrons. The molecule has 39 heavy (non-hydrogen) atoms. The summed E-state index contributed by atoms with van der Waals surface area (Å²) in [6.45, 7) is 1.96. The van der Waals surface area contributed by atoms with Crippen LogP contribution in [0.1, 0.15) is 38.0 Å². The average Bonchev–Trinajstić information content (AvgIpc) is 3.16. The molecular formula is C28H22ClN3O7. The predicted molar refractivity (Wildman–Crippen MR) is 144 cm³/mol. The van der Waals surface area contributed by atoms with Crippen molar-refractivity contribution in [2.75, 3.05) is 29.3 Å². The lowest BCUT2D eigenvalue weighted by atomic mass is 10.1. The Hall–Kier alpha value is -4.96. The number of hydrogen-bond acceptors (Lipinski definition) is 8. The summed E-state index contributed by atoms with van der Waals surface area (Å²) in [6.07, 6.45) is 0. The topological polar surface area (TPSA) is 131 Å². The first kappa shape index (κ1) is 27.1. The molecule has 0 saturated carbocycles. The summed E-state index contributed by atoms with van der Waals surface area (Å²) in [5.74, 6) is -3.04. The number of imide groups is 1. The van der Waals surface area contributed by atoms with E-state index in [2.05, 4.69) is 10.6 Å². The first-order chi connectivity index (χ1) is 18.7. The molecule has 0 aromatic heterocycles. The Morgan fingerprint density at radius 3 is 2.21 bits per heavy atom. The minimum atomic E-state index is -0.772. The molecule has 0 bridgehead atoms. The minimum absolute atomic E-state index is 0.143. The van der Waals surface area contributed by atoms with E-state index in [-0.39, 0.29) is 34.2 Å². The van der Waals surface area contributed by atoms with Gasteiger partial charge in [-0.2, -0.15) is 0 Å². The summed E-state index contributed by atoms with van der Waals surface area (Å²) < 4.78 is 9.64. The molecule has 0 aliphatic carbocycles. The SMILES string of the molecule is CCOC(=O)c1ccc(NC(=O)c2cccc(NC3=C(Cl)C(=O)N(c4cccc(C(=O)OC)c4)C3=O)c2)cc1. The highest BCUT2D eigenvalue weighted by atomic mass is 35.5. The number of nitrogens with zero attached hydrogens (tertiary/aromatic N) is 1. The van der Waals surface area contributed by atoms with Gasteiger partial charge in [-0.25, -0.2) is 14.5 Å². The van der Waals surface area contributed by atoms with Gasteiger partial charge in [-0.15, -0.1) is 0 Å². The van der Waals surface area contributed by atoms with Crippen LogP contribution in [0, 0.1) is 0 Å². The van der Waals surface area contributed by atoms with Gasteiger partial charge in [-0.1, -0.05) is 23.7 Å². The van der Waals surface area contributed by atoms with Crippen molar-refractivity contribution < 1.29 is 33.4 Å². The second kappa shape index (κ2) is 11.6. The van der Waals surface area contributed by atoms with Crippen molar-refractivity contribution in [3.8, 4) is 0 Å². The maximum absolute atomic E-state index is 13.1. The summed E-state index contributed by atoms with van der Waals surface area (Å²) in [7, 11) is 1.22.